The molecule has 1 fully saturated rings. The average Bonchev–Trinajstić information content (AvgIpc) is 2.53. The van der Waals surface area contributed by atoms with Crippen LogP contribution in [-0.2, 0) is 0 Å². The van der Waals surface area contributed by atoms with Crippen LogP contribution in [0.1, 0.15) is 10.4 Å². The fourth-order valence-electron chi connectivity index (χ4n) is 2.38. The highest BCUT2D eigenvalue weighted by atomic mass is 35.5. The van der Waals surface area contributed by atoms with Crippen LogP contribution in [0.5, 0.6) is 5.88 Å². The predicted molar refractivity (Wildman–Crippen MR) is 90.2 cm³/mol. The van der Waals surface area contributed by atoms with Crippen LogP contribution in [0.3, 0.4) is 0 Å². The zero-order valence-electron chi connectivity index (χ0n) is 12.6. The second-order valence-electron chi connectivity index (χ2n) is 5.30. The minimum absolute atomic E-state index is 0.0692. The van der Waals surface area contributed by atoms with Gasteiger partial charge in [0.05, 0.1) is 19.0 Å². The Kier molecular flexibility index (Phi) is 5.03. The van der Waals surface area contributed by atoms with Crippen molar-refractivity contribution in [2.75, 3.05) is 26.0 Å². The molecule has 0 spiro atoms. The molecular weight excluding hydrogens is 334 g/mol. The van der Waals surface area contributed by atoms with Crippen molar-refractivity contribution in [2.24, 2.45) is 5.92 Å². The largest absolute Gasteiger partial charge is 0.476 e. The molecule has 120 valence electrons. The van der Waals surface area contributed by atoms with Gasteiger partial charge in [-0.3, -0.25) is 9.78 Å². The summed E-state index contributed by atoms with van der Waals surface area (Å²) in [4.78, 5) is 23.3. The van der Waals surface area contributed by atoms with Gasteiger partial charge in [-0.1, -0.05) is 17.7 Å². The first kappa shape index (κ1) is 16.1. The molecule has 0 aliphatic carbocycles. The molecule has 3 rings (SSSR count). The van der Waals surface area contributed by atoms with Crippen molar-refractivity contribution in [3.05, 3.63) is 47.4 Å². The van der Waals surface area contributed by atoms with Gasteiger partial charge in [0, 0.05) is 29.5 Å². The zero-order valence-corrected chi connectivity index (χ0v) is 14.2. The van der Waals surface area contributed by atoms with E-state index in [-0.39, 0.29) is 5.91 Å². The van der Waals surface area contributed by atoms with E-state index in [0.29, 0.717) is 36.6 Å². The summed E-state index contributed by atoms with van der Waals surface area (Å²) >= 11 is 7.39. The van der Waals surface area contributed by atoms with Gasteiger partial charge >= 0.3 is 0 Å². The monoisotopic (exact) mass is 349 g/mol. The third-order valence-electron chi connectivity index (χ3n) is 3.61. The first-order chi connectivity index (χ1) is 11.2. The Hall–Kier alpha value is -1.79. The molecule has 0 unspecified atom stereocenters. The minimum atomic E-state index is 0.0692. The highest BCUT2D eigenvalue weighted by Gasteiger charge is 2.31. The third-order valence-corrected chi connectivity index (χ3v) is 4.52. The van der Waals surface area contributed by atoms with Crippen LogP contribution in [0.2, 0.25) is 5.15 Å². The summed E-state index contributed by atoms with van der Waals surface area (Å²) in [7, 11) is 0. The standard InChI is InChI=1S/C16H16ClN3O2S/c1-23-13-4-2-3-12(5-13)16(21)20-8-11(9-20)10-22-15-7-18-6-14(17)19-15/h2-7,11H,8-10H2,1H3. The van der Waals surface area contributed by atoms with Gasteiger partial charge in [-0.25, -0.2) is 0 Å². The second kappa shape index (κ2) is 7.19. The summed E-state index contributed by atoms with van der Waals surface area (Å²) in [5.41, 5.74) is 0.733. The number of likely N-dealkylation sites (tertiary alicyclic amines) is 1. The SMILES string of the molecule is CSc1cccc(C(=O)N2CC(COc3cncc(Cl)n3)C2)c1. The molecule has 5 nitrogen and oxygen atoms in total. The Morgan fingerprint density at radius 2 is 2.26 bits per heavy atom. The van der Waals surface area contributed by atoms with Gasteiger partial charge in [0.15, 0.2) is 5.15 Å². The normalized spacial score (nSPS) is 14.4. The van der Waals surface area contributed by atoms with Gasteiger partial charge in [0.1, 0.15) is 0 Å². The molecule has 7 heteroatoms. The molecule has 1 saturated heterocycles. The maximum atomic E-state index is 12.4. The van der Waals surface area contributed by atoms with E-state index in [1.165, 1.54) is 12.4 Å². The summed E-state index contributed by atoms with van der Waals surface area (Å²) in [5, 5.41) is 0.307. The van der Waals surface area contributed by atoms with Crippen LogP contribution in [0, 0.1) is 5.92 Å². The van der Waals surface area contributed by atoms with Crippen LogP contribution in [0.4, 0.5) is 0 Å². The Balaban J connectivity index is 1.49. The van der Waals surface area contributed by atoms with Crippen LogP contribution in [0.15, 0.2) is 41.6 Å². The van der Waals surface area contributed by atoms with E-state index in [1.54, 1.807) is 11.8 Å². The molecule has 1 aliphatic rings. The Morgan fingerprint density at radius 3 is 3.00 bits per heavy atom. The third kappa shape index (κ3) is 3.95. The maximum Gasteiger partial charge on any atom is 0.253 e. The average molecular weight is 350 g/mol. The topological polar surface area (TPSA) is 55.3 Å². The molecule has 23 heavy (non-hydrogen) atoms. The first-order valence-electron chi connectivity index (χ1n) is 7.19. The summed E-state index contributed by atoms with van der Waals surface area (Å²) in [5.74, 6) is 0.790. The van der Waals surface area contributed by atoms with Gasteiger partial charge in [-0.15, -0.1) is 11.8 Å². The lowest BCUT2D eigenvalue weighted by Gasteiger charge is -2.39. The molecular formula is C16H16ClN3O2S. The highest BCUT2D eigenvalue weighted by molar-refractivity contribution is 7.98. The number of benzene rings is 1. The number of halogens is 1. The Morgan fingerprint density at radius 1 is 1.43 bits per heavy atom. The van der Waals surface area contributed by atoms with Gasteiger partial charge < -0.3 is 9.64 Å². The summed E-state index contributed by atoms with van der Waals surface area (Å²) in [6.45, 7) is 1.89. The van der Waals surface area contributed by atoms with E-state index in [2.05, 4.69) is 9.97 Å². The van der Waals surface area contributed by atoms with E-state index in [1.807, 2.05) is 35.4 Å². The van der Waals surface area contributed by atoms with E-state index in [9.17, 15) is 4.79 Å². The molecule has 0 bridgehead atoms. The van der Waals surface area contributed by atoms with E-state index in [0.717, 1.165) is 10.5 Å². The van der Waals surface area contributed by atoms with Gasteiger partial charge in [0.2, 0.25) is 5.88 Å². The molecule has 1 aliphatic heterocycles. The van der Waals surface area contributed by atoms with Crippen LogP contribution >= 0.6 is 23.4 Å². The summed E-state index contributed by atoms with van der Waals surface area (Å²) < 4.78 is 5.56. The van der Waals surface area contributed by atoms with Crippen LogP contribution in [-0.4, -0.2) is 46.7 Å². The molecule has 0 atom stereocenters. The number of thioether (sulfide) groups is 1. The van der Waals surface area contributed by atoms with Gasteiger partial charge in [0.25, 0.3) is 5.91 Å². The molecule has 0 N–H and O–H groups in total. The number of carbonyl (C=O) groups excluding carboxylic acids is 1. The molecule has 0 radical (unpaired) electrons. The molecule has 2 heterocycles. The number of hydrogen-bond donors (Lipinski definition) is 0. The van der Waals surface area contributed by atoms with Crippen molar-refractivity contribution in [2.45, 2.75) is 4.90 Å². The highest BCUT2D eigenvalue weighted by Crippen LogP contribution is 2.22. The number of amides is 1. The maximum absolute atomic E-state index is 12.4. The quantitative estimate of drug-likeness (QED) is 0.777. The van der Waals surface area contributed by atoms with Crippen molar-refractivity contribution < 1.29 is 9.53 Å². The first-order valence-corrected chi connectivity index (χ1v) is 8.79. The van der Waals surface area contributed by atoms with Crippen LogP contribution < -0.4 is 4.74 Å². The number of hydrogen-bond acceptors (Lipinski definition) is 5. The van der Waals surface area contributed by atoms with Crippen molar-refractivity contribution in [3.63, 3.8) is 0 Å². The molecule has 1 aromatic heterocycles. The van der Waals surface area contributed by atoms with E-state index in [4.69, 9.17) is 16.3 Å². The minimum Gasteiger partial charge on any atom is -0.476 e. The van der Waals surface area contributed by atoms with E-state index >= 15 is 0 Å². The number of carbonyl (C=O) groups is 1. The van der Waals surface area contributed by atoms with Crippen LogP contribution in [0.25, 0.3) is 0 Å². The fourth-order valence-corrected chi connectivity index (χ4v) is 2.98. The van der Waals surface area contributed by atoms with Crippen molar-refractivity contribution in [1.82, 2.24) is 14.9 Å². The van der Waals surface area contributed by atoms with Crippen molar-refractivity contribution in [1.29, 1.82) is 0 Å². The number of nitrogens with zero attached hydrogens (tertiary/aromatic N) is 3. The number of rotatable bonds is 5. The molecule has 0 saturated carbocycles. The summed E-state index contributed by atoms with van der Waals surface area (Å²) in [6, 6.07) is 7.70. The van der Waals surface area contributed by atoms with Gasteiger partial charge in [-0.05, 0) is 24.5 Å². The fraction of sp³-hybridized carbons (Fsp3) is 0.312. The lowest BCUT2D eigenvalue weighted by Crippen LogP contribution is -2.52. The van der Waals surface area contributed by atoms with Crippen molar-refractivity contribution in [3.8, 4) is 5.88 Å². The van der Waals surface area contributed by atoms with E-state index < -0.39 is 0 Å². The zero-order chi connectivity index (χ0) is 16.2. The lowest BCUT2D eigenvalue weighted by molar-refractivity contribution is 0.0387. The Labute approximate surface area is 144 Å². The Bertz CT molecular complexity index is 707. The predicted octanol–water partition coefficient (Wildman–Crippen LogP) is 3.00. The molecule has 2 aromatic rings. The summed E-state index contributed by atoms with van der Waals surface area (Å²) in [6.07, 6.45) is 4.99. The smallest absolute Gasteiger partial charge is 0.253 e. The lowest BCUT2D eigenvalue weighted by atomic mass is 10.00. The number of ether oxygens (including phenoxy) is 1. The van der Waals surface area contributed by atoms with Gasteiger partial charge in [-0.2, -0.15) is 4.98 Å². The molecule has 1 aromatic carbocycles. The van der Waals surface area contributed by atoms with Crippen molar-refractivity contribution >= 4 is 29.3 Å². The molecule has 1 amide bonds. The number of aromatic nitrogens is 2. The second-order valence-corrected chi connectivity index (χ2v) is 6.57.